The normalized spacial score (nSPS) is 10.6. The summed E-state index contributed by atoms with van der Waals surface area (Å²) in [5.74, 6) is 6.21. The first-order valence-electron chi connectivity index (χ1n) is 8.00. The predicted molar refractivity (Wildman–Crippen MR) is 110 cm³/mol. The molecule has 1 heterocycles. The number of nitro benzene ring substituents is 1. The fourth-order valence-corrected chi connectivity index (χ4v) is 3.49. The summed E-state index contributed by atoms with van der Waals surface area (Å²) in [7, 11) is 0. The van der Waals surface area contributed by atoms with Gasteiger partial charge in [0.1, 0.15) is 0 Å². The van der Waals surface area contributed by atoms with Crippen molar-refractivity contribution in [2.45, 2.75) is 12.1 Å². The highest BCUT2D eigenvalue weighted by atomic mass is 79.9. The van der Waals surface area contributed by atoms with Crippen molar-refractivity contribution in [2.75, 3.05) is 16.9 Å². The van der Waals surface area contributed by atoms with Gasteiger partial charge < -0.3 is 11.2 Å². The van der Waals surface area contributed by atoms with Gasteiger partial charge in [-0.25, -0.2) is 4.68 Å². The Morgan fingerprint density at radius 1 is 1.32 bits per heavy atom. The number of thioether (sulfide) groups is 1. The summed E-state index contributed by atoms with van der Waals surface area (Å²) < 4.78 is 2.14. The number of nitrogens with two attached hydrogens (primary N) is 1. The van der Waals surface area contributed by atoms with Gasteiger partial charge in [-0.15, -0.1) is 10.2 Å². The van der Waals surface area contributed by atoms with Crippen molar-refractivity contribution in [3.8, 4) is 11.4 Å². The number of benzene rings is 2. The predicted octanol–water partition coefficient (Wildman–Crippen LogP) is 3.37. The summed E-state index contributed by atoms with van der Waals surface area (Å²) >= 11 is 4.56. The van der Waals surface area contributed by atoms with Gasteiger partial charge in [0.25, 0.3) is 5.69 Å². The lowest BCUT2D eigenvalue weighted by Crippen LogP contribution is -2.17. The van der Waals surface area contributed by atoms with E-state index in [-0.39, 0.29) is 17.3 Å². The number of aryl methyl sites for hydroxylation is 1. The molecule has 11 heteroatoms. The summed E-state index contributed by atoms with van der Waals surface area (Å²) in [4.78, 5) is 22.6. The minimum absolute atomic E-state index is 0.0213. The highest BCUT2D eigenvalue weighted by Crippen LogP contribution is 2.28. The Kier molecular flexibility index (Phi) is 5.95. The van der Waals surface area contributed by atoms with E-state index in [2.05, 4.69) is 31.4 Å². The molecule has 0 unspecified atom stereocenters. The first kappa shape index (κ1) is 19.8. The van der Waals surface area contributed by atoms with Crippen molar-refractivity contribution < 1.29 is 9.72 Å². The maximum Gasteiger partial charge on any atom is 0.271 e. The summed E-state index contributed by atoms with van der Waals surface area (Å²) in [6.07, 6.45) is 0. The van der Waals surface area contributed by atoms with E-state index in [1.807, 2.05) is 24.3 Å². The maximum absolute atomic E-state index is 12.3. The summed E-state index contributed by atoms with van der Waals surface area (Å²) in [6, 6.07) is 11.8. The Morgan fingerprint density at radius 2 is 2.07 bits per heavy atom. The number of hydrogen-bond donors (Lipinski definition) is 2. The van der Waals surface area contributed by atoms with Gasteiger partial charge in [-0.3, -0.25) is 14.9 Å². The molecule has 0 aliphatic heterocycles. The van der Waals surface area contributed by atoms with E-state index in [9.17, 15) is 14.9 Å². The van der Waals surface area contributed by atoms with Gasteiger partial charge >= 0.3 is 0 Å². The van der Waals surface area contributed by atoms with Crippen molar-refractivity contribution in [3.63, 3.8) is 0 Å². The topological polar surface area (TPSA) is 129 Å². The van der Waals surface area contributed by atoms with Crippen LogP contribution in [0.4, 0.5) is 11.4 Å². The number of rotatable bonds is 6. The van der Waals surface area contributed by atoms with Crippen LogP contribution in [0, 0.1) is 17.0 Å². The number of non-ortho nitro benzene ring substituents is 1. The fourth-order valence-electron chi connectivity index (χ4n) is 2.38. The molecule has 144 valence electrons. The molecule has 3 rings (SSSR count). The van der Waals surface area contributed by atoms with Gasteiger partial charge in [0.15, 0.2) is 5.82 Å². The summed E-state index contributed by atoms with van der Waals surface area (Å²) in [6.45, 7) is 1.76. The standard InChI is InChI=1S/C17H15BrN6O3S/c1-10-6-7-11(24(26)27)8-14(10)20-15(25)9-28-17-22-21-16(23(17)19)12-4-2-3-5-13(12)18/h2-8H,9,19H2,1H3,(H,20,25). The Bertz CT molecular complexity index is 1060. The molecule has 0 saturated carbocycles. The monoisotopic (exact) mass is 462 g/mol. The van der Waals surface area contributed by atoms with Crippen LogP contribution in [0.1, 0.15) is 5.56 Å². The van der Waals surface area contributed by atoms with E-state index in [1.165, 1.54) is 16.8 Å². The lowest BCUT2D eigenvalue weighted by molar-refractivity contribution is -0.384. The molecule has 1 amide bonds. The lowest BCUT2D eigenvalue weighted by Gasteiger charge is -2.08. The molecular weight excluding hydrogens is 448 g/mol. The SMILES string of the molecule is Cc1ccc([N+](=O)[O-])cc1NC(=O)CSc1nnc(-c2ccccc2Br)n1N. The van der Waals surface area contributed by atoms with E-state index < -0.39 is 4.92 Å². The summed E-state index contributed by atoms with van der Waals surface area (Å²) in [5.41, 5.74) is 1.81. The average molecular weight is 463 g/mol. The van der Waals surface area contributed by atoms with E-state index in [0.29, 0.717) is 16.7 Å². The molecule has 3 N–H and O–H groups in total. The minimum Gasteiger partial charge on any atom is -0.335 e. The molecule has 0 radical (unpaired) electrons. The quantitative estimate of drug-likeness (QED) is 0.248. The second kappa shape index (κ2) is 8.40. The molecule has 0 saturated heterocycles. The van der Waals surface area contributed by atoms with Gasteiger partial charge in [-0.2, -0.15) is 0 Å². The van der Waals surface area contributed by atoms with E-state index >= 15 is 0 Å². The largest absolute Gasteiger partial charge is 0.335 e. The number of anilines is 1. The number of nitrogens with one attached hydrogen (secondary N) is 1. The Hall–Kier alpha value is -2.92. The van der Waals surface area contributed by atoms with Crippen LogP contribution in [-0.2, 0) is 4.79 Å². The third kappa shape index (κ3) is 4.31. The second-order valence-corrected chi connectivity index (χ2v) is 7.55. The maximum atomic E-state index is 12.3. The second-order valence-electron chi connectivity index (χ2n) is 5.75. The van der Waals surface area contributed by atoms with Crippen LogP contribution in [0.3, 0.4) is 0 Å². The van der Waals surface area contributed by atoms with Crippen molar-refractivity contribution >= 4 is 45.0 Å². The highest BCUT2D eigenvalue weighted by Gasteiger charge is 2.16. The van der Waals surface area contributed by atoms with Gasteiger partial charge in [-0.1, -0.05) is 45.9 Å². The van der Waals surface area contributed by atoms with Crippen LogP contribution in [0.25, 0.3) is 11.4 Å². The van der Waals surface area contributed by atoms with E-state index in [4.69, 9.17) is 5.84 Å². The average Bonchev–Trinajstić information content (AvgIpc) is 3.02. The van der Waals surface area contributed by atoms with Crippen molar-refractivity contribution in [2.24, 2.45) is 0 Å². The number of nitro groups is 1. The van der Waals surface area contributed by atoms with Crippen LogP contribution in [-0.4, -0.2) is 31.5 Å². The van der Waals surface area contributed by atoms with Crippen LogP contribution in [0.5, 0.6) is 0 Å². The molecule has 0 aliphatic rings. The van der Waals surface area contributed by atoms with Gasteiger partial charge in [-0.05, 0) is 24.6 Å². The van der Waals surface area contributed by atoms with Crippen LogP contribution < -0.4 is 11.2 Å². The molecule has 28 heavy (non-hydrogen) atoms. The number of nitrogen functional groups attached to an aromatic ring is 1. The number of amides is 1. The molecule has 2 aromatic carbocycles. The van der Waals surface area contributed by atoms with E-state index in [0.717, 1.165) is 27.4 Å². The van der Waals surface area contributed by atoms with Crippen molar-refractivity contribution in [1.29, 1.82) is 0 Å². The Labute approximate surface area is 172 Å². The van der Waals surface area contributed by atoms with Crippen molar-refractivity contribution in [3.05, 3.63) is 62.6 Å². The van der Waals surface area contributed by atoms with Gasteiger partial charge in [0.2, 0.25) is 11.1 Å². The third-order valence-electron chi connectivity index (χ3n) is 3.82. The fraction of sp³-hybridized carbons (Fsp3) is 0.118. The number of nitrogens with zero attached hydrogens (tertiary/aromatic N) is 4. The smallest absolute Gasteiger partial charge is 0.271 e. The lowest BCUT2D eigenvalue weighted by atomic mass is 10.2. The zero-order chi connectivity index (χ0) is 20.3. The Balaban J connectivity index is 1.68. The molecule has 0 spiro atoms. The number of halogens is 1. The zero-order valence-corrected chi connectivity index (χ0v) is 17.0. The number of hydrogen-bond acceptors (Lipinski definition) is 7. The first-order chi connectivity index (χ1) is 13.4. The van der Waals surface area contributed by atoms with E-state index in [1.54, 1.807) is 13.0 Å². The third-order valence-corrected chi connectivity index (χ3v) is 5.45. The van der Waals surface area contributed by atoms with Crippen LogP contribution in [0.2, 0.25) is 0 Å². The molecule has 0 atom stereocenters. The molecule has 1 aromatic heterocycles. The van der Waals surface area contributed by atoms with Crippen molar-refractivity contribution in [1.82, 2.24) is 14.9 Å². The molecule has 0 fully saturated rings. The van der Waals surface area contributed by atoms with Crippen LogP contribution in [0.15, 0.2) is 52.1 Å². The minimum atomic E-state index is -0.510. The number of aromatic nitrogens is 3. The first-order valence-corrected chi connectivity index (χ1v) is 9.77. The molecule has 3 aromatic rings. The number of carbonyl (C=O) groups is 1. The molecule has 0 bridgehead atoms. The molecule has 9 nitrogen and oxygen atoms in total. The highest BCUT2D eigenvalue weighted by molar-refractivity contribution is 9.10. The molecular formula is C17H15BrN6O3S. The Morgan fingerprint density at radius 3 is 2.79 bits per heavy atom. The van der Waals surface area contributed by atoms with Crippen LogP contribution >= 0.6 is 27.7 Å². The summed E-state index contributed by atoms with van der Waals surface area (Å²) in [5, 5.41) is 22.1. The van der Waals surface area contributed by atoms with Gasteiger partial charge in [0, 0.05) is 22.2 Å². The number of carbonyl (C=O) groups excluding carboxylic acids is 1. The van der Waals surface area contributed by atoms with Gasteiger partial charge in [0.05, 0.1) is 16.4 Å². The zero-order valence-electron chi connectivity index (χ0n) is 14.6. The molecule has 0 aliphatic carbocycles.